The predicted octanol–water partition coefficient (Wildman–Crippen LogP) is 1.96. The van der Waals surface area contributed by atoms with Crippen LogP contribution in [0.2, 0.25) is 0 Å². The maximum absolute atomic E-state index is 11.9. The maximum atomic E-state index is 11.9. The van der Waals surface area contributed by atoms with Gasteiger partial charge in [0, 0.05) is 12.6 Å². The van der Waals surface area contributed by atoms with E-state index in [0.29, 0.717) is 17.0 Å². The average Bonchev–Trinajstić information content (AvgIpc) is 2.49. The molecular formula is C16H15N3O3. The van der Waals surface area contributed by atoms with Gasteiger partial charge < -0.3 is 10.5 Å². The predicted molar refractivity (Wildman–Crippen MR) is 83.7 cm³/mol. The fourth-order valence-electron chi connectivity index (χ4n) is 1.72. The first-order valence-corrected chi connectivity index (χ1v) is 6.52. The van der Waals surface area contributed by atoms with Crippen molar-refractivity contribution in [2.45, 2.75) is 6.92 Å². The number of nitrogens with two attached hydrogens (primary N) is 1. The Bertz CT molecular complexity index is 709. The van der Waals surface area contributed by atoms with Crippen LogP contribution >= 0.6 is 0 Å². The summed E-state index contributed by atoms with van der Waals surface area (Å²) in [5.41, 5.74) is 9.61. The molecule has 2 aromatic carbocycles. The molecule has 0 spiro atoms. The topological polar surface area (TPSA) is 93.8 Å². The Morgan fingerprint density at radius 2 is 1.82 bits per heavy atom. The molecule has 22 heavy (non-hydrogen) atoms. The second-order valence-electron chi connectivity index (χ2n) is 4.45. The number of nitrogens with zero attached hydrogens (tertiary/aromatic N) is 1. The monoisotopic (exact) mass is 297 g/mol. The lowest BCUT2D eigenvalue weighted by molar-refractivity contribution is -0.131. The van der Waals surface area contributed by atoms with E-state index in [-0.39, 0.29) is 11.9 Å². The number of nitrogen functional groups attached to an aromatic ring is 1. The molecule has 0 bridgehead atoms. The lowest BCUT2D eigenvalue weighted by atomic mass is 10.2. The number of nitrogens with one attached hydrogen (secondary N) is 1. The lowest BCUT2D eigenvalue weighted by Crippen LogP contribution is -2.18. The van der Waals surface area contributed by atoms with Gasteiger partial charge >= 0.3 is 5.97 Å². The van der Waals surface area contributed by atoms with E-state index in [1.54, 1.807) is 48.5 Å². The largest absolute Gasteiger partial charge is 0.427 e. The van der Waals surface area contributed by atoms with Crippen molar-refractivity contribution in [1.82, 2.24) is 5.43 Å². The van der Waals surface area contributed by atoms with E-state index in [9.17, 15) is 9.59 Å². The molecule has 2 rings (SSSR count). The van der Waals surface area contributed by atoms with Crippen LogP contribution in [0, 0.1) is 0 Å². The van der Waals surface area contributed by atoms with Gasteiger partial charge in [0.15, 0.2) is 0 Å². The van der Waals surface area contributed by atoms with Gasteiger partial charge in [-0.15, -0.1) is 0 Å². The van der Waals surface area contributed by atoms with Gasteiger partial charge in [0.25, 0.3) is 5.91 Å². The van der Waals surface area contributed by atoms with E-state index < -0.39 is 0 Å². The number of ether oxygens (including phenoxy) is 1. The van der Waals surface area contributed by atoms with E-state index in [1.807, 2.05) is 0 Å². The molecule has 0 heterocycles. The third kappa shape index (κ3) is 4.17. The van der Waals surface area contributed by atoms with Gasteiger partial charge in [-0.2, -0.15) is 5.10 Å². The standard InChI is InChI=1S/C16H15N3O3/c1-11(20)22-13-8-6-12(7-9-13)10-18-19-16(21)14-4-2-3-5-15(14)17/h2-10H,17H2,1H3,(H,19,21)/b18-10-. The highest BCUT2D eigenvalue weighted by molar-refractivity contribution is 5.99. The molecule has 1 amide bonds. The number of rotatable bonds is 4. The van der Waals surface area contributed by atoms with Gasteiger partial charge in [-0.25, -0.2) is 5.43 Å². The van der Waals surface area contributed by atoms with Crippen LogP contribution in [0.5, 0.6) is 5.75 Å². The fraction of sp³-hybridized carbons (Fsp3) is 0.0625. The Morgan fingerprint density at radius 1 is 1.14 bits per heavy atom. The highest BCUT2D eigenvalue weighted by Gasteiger charge is 2.06. The number of para-hydroxylation sites is 1. The van der Waals surface area contributed by atoms with Crippen LogP contribution in [0.3, 0.4) is 0 Å². The normalized spacial score (nSPS) is 10.4. The minimum atomic E-state index is -0.383. The Hall–Kier alpha value is -3.15. The van der Waals surface area contributed by atoms with Crippen LogP contribution in [0.25, 0.3) is 0 Å². The molecule has 0 saturated heterocycles. The van der Waals surface area contributed by atoms with Gasteiger partial charge in [-0.05, 0) is 42.0 Å². The minimum Gasteiger partial charge on any atom is -0.427 e. The highest BCUT2D eigenvalue weighted by Crippen LogP contribution is 2.11. The van der Waals surface area contributed by atoms with Crippen molar-refractivity contribution in [3.63, 3.8) is 0 Å². The van der Waals surface area contributed by atoms with E-state index in [1.165, 1.54) is 13.1 Å². The van der Waals surface area contributed by atoms with Crippen molar-refractivity contribution in [3.05, 3.63) is 59.7 Å². The smallest absolute Gasteiger partial charge is 0.308 e. The first-order chi connectivity index (χ1) is 10.6. The second-order valence-corrected chi connectivity index (χ2v) is 4.45. The molecule has 112 valence electrons. The Balaban J connectivity index is 1.96. The molecule has 6 heteroatoms. The summed E-state index contributed by atoms with van der Waals surface area (Å²) in [7, 11) is 0. The Labute approximate surface area is 127 Å². The summed E-state index contributed by atoms with van der Waals surface area (Å²) in [6.45, 7) is 1.33. The number of esters is 1. The summed E-state index contributed by atoms with van der Waals surface area (Å²) in [4.78, 5) is 22.7. The van der Waals surface area contributed by atoms with Crippen molar-refractivity contribution >= 4 is 23.8 Å². The summed E-state index contributed by atoms with van der Waals surface area (Å²) in [6.07, 6.45) is 1.48. The summed E-state index contributed by atoms with van der Waals surface area (Å²) in [5.74, 6) is -0.314. The molecule has 0 aliphatic rings. The summed E-state index contributed by atoms with van der Waals surface area (Å²) in [5, 5.41) is 3.86. The quantitative estimate of drug-likeness (QED) is 0.296. The summed E-state index contributed by atoms with van der Waals surface area (Å²) in [6, 6.07) is 13.4. The van der Waals surface area contributed by atoms with E-state index in [2.05, 4.69) is 10.5 Å². The van der Waals surface area contributed by atoms with Gasteiger partial charge in [0.1, 0.15) is 5.75 Å². The van der Waals surface area contributed by atoms with Crippen molar-refractivity contribution in [2.24, 2.45) is 5.10 Å². The highest BCUT2D eigenvalue weighted by atomic mass is 16.5. The molecular weight excluding hydrogens is 282 g/mol. The molecule has 0 atom stereocenters. The second kappa shape index (κ2) is 7.03. The first kappa shape index (κ1) is 15.2. The average molecular weight is 297 g/mol. The number of hydrazone groups is 1. The molecule has 0 radical (unpaired) electrons. The minimum absolute atomic E-state index is 0.366. The number of benzene rings is 2. The van der Waals surface area contributed by atoms with Gasteiger partial charge in [0.05, 0.1) is 11.8 Å². The molecule has 0 aromatic heterocycles. The SMILES string of the molecule is CC(=O)Oc1ccc(/C=N\NC(=O)c2ccccc2N)cc1. The van der Waals surface area contributed by atoms with Crippen LogP contribution in [0.15, 0.2) is 53.6 Å². The van der Waals surface area contributed by atoms with E-state index in [4.69, 9.17) is 10.5 Å². The number of hydrogen-bond acceptors (Lipinski definition) is 5. The first-order valence-electron chi connectivity index (χ1n) is 6.52. The molecule has 2 aromatic rings. The van der Waals surface area contributed by atoms with Crippen LogP contribution in [-0.4, -0.2) is 18.1 Å². The Kier molecular flexibility index (Phi) is 4.87. The number of hydrogen-bond donors (Lipinski definition) is 2. The van der Waals surface area contributed by atoms with Crippen molar-refractivity contribution in [1.29, 1.82) is 0 Å². The zero-order valence-electron chi connectivity index (χ0n) is 11.9. The molecule has 0 fully saturated rings. The third-order valence-electron chi connectivity index (χ3n) is 2.73. The third-order valence-corrected chi connectivity index (χ3v) is 2.73. The number of amides is 1. The fourth-order valence-corrected chi connectivity index (χ4v) is 1.72. The Morgan fingerprint density at radius 3 is 2.45 bits per heavy atom. The van der Waals surface area contributed by atoms with Crippen LogP contribution in [0.4, 0.5) is 5.69 Å². The summed E-state index contributed by atoms with van der Waals surface area (Å²) >= 11 is 0. The van der Waals surface area contributed by atoms with Gasteiger partial charge in [0.2, 0.25) is 0 Å². The molecule has 0 unspecified atom stereocenters. The van der Waals surface area contributed by atoms with Crippen LogP contribution < -0.4 is 15.9 Å². The number of carbonyl (C=O) groups is 2. The van der Waals surface area contributed by atoms with Crippen molar-refractivity contribution < 1.29 is 14.3 Å². The zero-order valence-corrected chi connectivity index (χ0v) is 11.9. The number of anilines is 1. The van der Waals surface area contributed by atoms with E-state index >= 15 is 0 Å². The molecule has 0 aliphatic carbocycles. The van der Waals surface area contributed by atoms with Crippen molar-refractivity contribution in [2.75, 3.05) is 5.73 Å². The van der Waals surface area contributed by atoms with Gasteiger partial charge in [-0.1, -0.05) is 12.1 Å². The lowest BCUT2D eigenvalue weighted by Gasteiger charge is -2.03. The zero-order chi connectivity index (χ0) is 15.9. The van der Waals surface area contributed by atoms with Crippen LogP contribution in [-0.2, 0) is 4.79 Å². The van der Waals surface area contributed by atoms with E-state index in [0.717, 1.165) is 5.56 Å². The molecule has 0 aliphatic heterocycles. The van der Waals surface area contributed by atoms with Crippen molar-refractivity contribution in [3.8, 4) is 5.75 Å². The maximum Gasteiger partial charge on any atom is 0.308 e. The van der Waals surface area contributed by atoms with Gasteiger partial charge in [-0.3, -0.25) is 9.59 Å². The number of carbonyl (C=O) groups excluding carboxylic acids is 2. The molecule has 0 saturated carbocycles. The summed E-state index contributed by atoms with van der Waals surface area (Å²) < 4.78 is 4.92. The van der Waals surface area contributed by atoms with Crippen LogP contribution in [0.1, 0.15) is 22.8 Å². The molecule has 3 N–H and O–H groups in total. The molecule has 6 nitrogen and oxygen atoms in total.